The SMILES string of the molecule is CS(=O)(=O)CCCNC(=O)NCC(O)C(=O)O. The molecule has 0 aromatic rings. The van der Waals surface area contributed by atoms with Crippen molar-refractivity contribution < 1.29 is 28.2 Å². The van der Waals surface area contributed by atoms with E-state index in [1.54, 1.807) is 0 Å². The van der Waals surface area contributed by atoms with Gasteiger partial charge < -0.3 is 20.8 Å². The molecule has 0 bridgehead atoms. The van der Waals surface area contributed by atoms with Gasteiger partial charge in [-0.25, -0.2) is 18.0 Å². The van der Waals surface area contributed by atoms with E-state index < -0.39 is 34.5 Å². The fraction of sp³-hybridized carbons (Fsp3) is 0.750. The lowest BCUT2D eigenvalue weighted by molar-refractivity contribution is -0.146. The number of nitrogens with one attached hydrogen (secondary N) is 2. The van der Waals surface area contributed by atoms with Gasteiger partial charge in [0, 0.05) is 12.8 Å². The lowest BCUT2D eigenvalue weighted by atomic mass is 10.4. The third-order valence-corrected chi connectivity index (χ3v) is 2.75. The van der Waals surface area contributed by atoms with Crippen molar-refractivity contribution in [2.24, 2.45) is 0 Å². The largest absolute Gasteiger partial charge is 0.479 e. The first-order valence-corrected chi connectivity index (χ1v) is 6.88. The second-order valence-electron chi connectivity index (χ2n) is 3.47. The maximum absolute atomic E-state index is 11.0. The molecule has 9 heteroatoms. The summed E-state index contributed by atoms with van der Waals surface area (Å²) in [5.74, 6) is -1.47. The number of rotatable bonds is 7. The van der Waals surface area contributed by atoms with E-state index in [2.05, 4.69) is 10.6 Å². The van der Waals surface area contributed by atoms with Crippen LogP contribution in [0.15, 0.2) is 0 Å². The van der Waals surface area contributed by atoms with E-state index in [-0.39, 0.29) is 18.7 Å². The molecule has 0 rings (SSSR count). The summed E-state index contributed by atoms with van der Waals surface area (Å²) in [5, 5.41) is 21.6. The van der Waals surface area contributed by atoms with Crippen LogP contribution in [0.3, 0.4) is 0 Å². The molecule has 1 atom stereocenters. The van der Waals surface area contributed by atoms with Gasteiger partial charge in [-0.1, -0.05) is 0 Å². The predicted octanol–water partition coefficient (Wildman–Crippen LogP) is -1.83. The van der Waals surface area contributed by atoms with Crippen LogP contribution in [0.4, 0.5) is 4.79 Å². The Balaban J connectivity index is 3.64. The summed E-state index contributed by atoms with van der Waals surface area (Å²) >= 11 is 0. The van der Waals surface area contributed by atoms with Crippen molar-refractivity contribution in [1.82, 2.24) is 10.6 Å². The van der Waals surface area contributed by atoms with Crippen LogP contribution in [0.5, 0.6) is 0 Å². The molecule has 2 amide bonds. The Hall–Kier alpha value is -1.35. The van der Waals surface area contributed by atoms with Gasteiger partial charge in [0.1, 0.15) is 9.84 Å². The van der Waals surface area contributed by atoms with Gasteiger partial charge in [0.15, 0.2) is 6.10 Å². The van der Waals surface area contributed by atoms with E-state index in [4.69, 9.17) is 10.2 Å². The van der Waals surface area contributed by atoms with Gasteiger partial charge in [0.05, 0.1) is 12.3 Å². The second-order valence-corrected chi connectivity index (χ2v) is 5.73. The summed E-state index contributed by atoms with van der Waals surface area (Å²) < 4.78 is 21.5. The summed E-state index contributed by atoms with van der Waals surface area (Å²) in [4.78, 5) is 21.2. The number of aliphatic carboxylic acids is 1. The van der Waals surface area contributed by atoms with Gasteiger partial charge in [-0.15, -0.1) is 0 Å². The number of carbonyl (C=O) groups excluding carboxylic acids is 1. The fourth-order valence-electron chi connectivity index (χ4n) is 0.875. The van der Waals surface area contributed by atoms with Crippen LogP contribution >= 0.6 is 0 Å². The minimum atomic E-state index is -3.05. The van der Waals surface area contributed by atoms with E-state index in [1.807, 2.05) is 0 Å². The Morgan fingerprint density at radius 1 is 1.29 bits per heavy atom. The zero-order chi connectivity index (χ0) is 13.5. The number of amides is 2. The summed E-state index contributed by atoms with van der Waals surface area (Å²) in [5.41, 5.74) is 0. The molecule has 0 aromatic carbocycles. The van der Waals surface area contributed by atoms with Crippen molar-refractivity contribution in [3.63, 3.8) is 0 Å². The molecular formula is C8H16N2O6S. The van der Waals surface area contributed by atoms with Gasteiger partial charge >= 0.3 is 12.0 Å². The van der Waals surface area contributed by atoms with Crippen molar-refractivity contribution in [3.05, 3.63) is 0 Å². The van der Waals surface area contributed by atoms with Gasteiger partial charge in [0.2, 0.25) is 0 Å². The predicted molar refractivity (Wildman–Crippen MR) is 59.4 cm³/mol. The highest BCUT2D eigenvalue weighted by Gasteiger charge is 2.13. The Bertz CT molecular complexity index is 366. The zero-order valence-corrected chi connectivity index (χ0v) is 10.2. The lowest BCUT2D eigenvalue weighted by Gasteiger charge is -2.08. The smallest absolute Gasteiger partial charge is 0.334 e. The molecule has 100 valence electrons. The molecule has 4 N–H and O–H groups in total. The van der Waals surface area contributed by atoms with Gasteiger partial charge in [-0.05, 0) is 6.42 Å². The van der Waals surface area contributed by atoms with Gasteiger partial charge in [-0.2, -0.15) is 0 Å². The molecule has 0 saturated carbocycles. The van der Waals surface area contributed by atoms with E-state index >= 15 is 0 Å². The van der Waals surface area contributed by atoms with Crippen molar-refractivity contribution in [3.8, 4) is 0 Å². The molecule has 0 fully saturated rings. The first-order chi connectivity index (χ1) is 7.72. The average molecular weight is 268 g/mol. The topological polar surface area (TPSA) is 133 Å². The molecule has 1 unspecified atom stereocenters. The standard InChI is InChI=1S/C8H16N2O6S/c1-17(15,16)4-2-3-9-8(14)10-5-6(11)7(12)13/h6,11H,2-5H2,1H3,(H,12,13)(H2,9,10,14). The fourth-order valence-corrected chi connectivity index (χ4v) is 1.54. The first-order valence-electron chi connectivity index (χ1n) is 4.82. The monoisotopic (exact) mass is 268 g/mol. The van der Waals surface area contributed by atoms with Crippen molar-refractivity contribution in [1.29, 1.82) is 0 Å². The number of hydrogen-bond acceptors (Lipinski definition) is 5. The van der Waals surface area contributed by atoms with E-state index in [0.29, 0.717) is 0 Å². The molecule has 0 radical (unpaired) electrons. The third-order valence-electron chi connectivity index (χ3n) is 1.72. The molecule has 8 nitrogen and oxygen atoms in total. The minimum Gasteiger partial charge on any atom is -0.479 e. The number of aliphatic hydroxyl groups excluding tert-OH is 1. The maximum atomic E-state index is 11.0. The molecule has 0 spiro atoms. The van der Waals surface area contributed by atoms with Crippen LogP contribution in [0.2, 0.25) is 0 Å². The van der Waals surface area contributed by atoms with Crippen LogP contribution in [0, 0.1) is 0 Å². The van der Waals surface area contributed by atoms with Gasteiger partial charge in [-0.3, -0.25) is 0 Å². The minimum absolute atomic E-state index is 0.0367. The van der Waals surface area contributed by atoms with Crippen LogP contribution in [0.1, 0.15) is 6.42 Å². The van der Waals surface area contributed by atoms with Crippen LogP contribution < -0.4 is 10.6 Å². The molecule has 0 aromatic heterocycles. The van der Waals surface area contributed by atoms with Gasteiger partial charge in [0.25, 0.3) is 0 Å². The third kappa shape index (κ3) is 9.57. The quantitative estimate of drug-likeness (QED) is 0.401. The number of carbonyl (C=O) groups is 2. The Morgan fingerprint density at radius 2 is 1.88 bits per heavy atom. The first kappa shape index (κ1) is 15.7. The van der Waals surface area contributed by atoms with E-state index in [9.17, 15) is 18.0 Å². The number of carboxylic acid groups (broad SMARTS) is 1. The highest BCUT2D eigenvalue weighted by atomic mass is 32.2. The molecular weight excluding hydrogens is 252 g/mol. The highest BCUT2D eigenvalue weighted by Crippen LogP contribution is 1.87. The highest BCUT2D eigenvalue weighted by molar-refractivity contribution is 7.90. The molecule has 0 aliphatic rings. The normalized spacial score (nSPS) is 12.8. The summed E-state index contributed by atoms with van der Waals surface area (Å²) in [6.45, 7) is -0.255. The molecule has 0 heterocycles. The molecule has 0 aliphatic carbocycles. The summed E-state index contributed by atoms with van der Waals surface area (Å²) in [6.07, 6.45) is -0.291. The number of hydrogen-bond donors (Lipinski definition) is 4. The lowest BCUT2D eigenvalue weighted by Crippen LogP contribution is -2.42. The van der Waals surface area contributed by atoms with Crippen LogP contribution in [-0.2, 0) is 14.6 Å². The molecule has 0 aliphatic heterocycles. The van der Waals surface area contributed by atoms with E-state index in [1.165, 1.54) is 0 Å². The van der Waals surface area contributed by atoms with Crippen molar-refractivity contribution in [2.75, 3.05) is 25.1 Å². The molecule has 0 saturated heterocycles. The summed E-state index contributed by atoms with van der Waals surface area (Å²) in [6, 6.07) is -0.654. The van der Waals surface area contributed by atoms with Crippen molar-refractivity contribution in [2.45, 2.75) is 12.5 Å². The van der Waals surface area contributed by atoms with Crippen LogP contribution in [0.25, 0.3) is 0 Å². The zero-order valence-electron chi connectivity index (χ0n) is 9.34. The summed E-state index contributed by atoms with van der Waals surface area (Å²) in [7, 11) is -3.05. The second kappa shape index (κ2) is 7.07. The Morgan fingerprint density at radius 3 is 2.35 bits per heavy atom. The number of sulfone groups is 1. The molecule has 17 heavy (non-hydrogen) atoms. The van der Waals surface area contributed by atoms with E-state index in [0.717, 1.165) is 6.26 Å². The number of aliphatic hydroxyl groups is 1. The van der Waals surface area contributed by atoms with Crippen molar-refractivity contribution >= 4 is 21.8 Å². The Kier molecular flexibility index (Phi) is 6.51. The average Bonchev–Trinajstić information content (AvgIpc) is 2.19. The maximum Gasteiger partial charge on any atom is 0.334 e. The Labute approximate surface area is 98.9 Å². The number of carboxylic acids is 1. The van der Waals surface area contributed by atoms with Crippen LogP contribution in [-0.4, -0.2) is 61.8 Å². The number of urea groups is 1.